The maximum absolute atomic E-state index is 14.1. The van der Waals surface area contributed by atoms with Gasteiger partial charge in [0.1, 0.15) is 0 Å². The van der Waals surface area contributed by atoms with Crippen LogP contribution in [0.5, 0.6) is 0 Å². The summed E-state index contributed by atoms with van der Waals surface area (Å²) in [5.41, 5.74) is 1.25. The summed E-state index contributed by atoms with van der Waals surface area (Å²) in [5.74, 6) is 0.290. The first-order chi connectivity index (χ1) is 11.2. The Balaban J connectivity index is 1.89. The molecule has 3 atom stereocenters. The molecule has 0 unspecified atom stereocenters. The second-order valence-corrected chi connectivity index (χ2v) is 9.02. The molecule has 1 aliphatic carbocycles. The maximum Gasteiger partial charge on any atom is 0.203 e. The van der Waals surface area contributed by atoms with Gasteiger partial charge < -0.3 is 0 Å². The van der Waals surface area contributed by atoms with Gasteiger partial charge in [-0.3, -0.25) is 4.57 Å². The molecule has 0 spiro atoms. The predicted octanol–water partition coefficient (Wildman–Crippen LogP) is 4.74. The van der Waals surface area contributed by atoms with E-state index in [1.54, 1.807) is 0 Å². The molecule has 0 N–H and O–H groups in total. The van der Waals surface area contributed by atoms with Crippen LogP contribution in [0.2, 0.25) is 0 Å². The van der Waals surface area contributed by atoms with Crippen LogP contribution in [0.1, 0.15) is 18.0 Å². The van der Waals surface area contributed by atoms with Gasteiger partial charge in [0, 0.05) is 22.6 Å². The van der Waals surface area contributed by atoms with Gasteiger partial charge >= 0.3 is 0 Å². The van der Waals surface area contributed by atoms with E-state index in [0.717, 1.165) is 17.0 Å². The van der Waals surface area contributed by atoms with Crippen LogP contribution >= 0.6 is 7.29 Å². The lowest BCUT2D eigenvalue weighted by Gasteiger charge is -2.27. The van der Waals surface area contributed by atoms with Gasteiger partial charge in [-0.15, -0.1) is 0 Å². The largest absolute Gasteiger partial charge is 0.297 e. The van der Waals surface area contributed by atoms with E-state index in [9.17, 15) is 4.57 Å². The molecule has 0 aromatic heterocycles. The van der Waals surface area contributed by atoms with Gasteiger partial charge in [0.2, 0.25) is 7.29 Å². The summed E-state index contributed by atoms with van der Waals surface area (Å²) < 4.78 is 16.2. The average Bonchev–Trinajstić information content (AvgIpc) is 2.86. The van der Waals surface area contributed by atoms with E-state index in [-0.39, 0.29) is 6.04 Å². The van der Waals surface area contributed by atoms with Crippen molar-refractivity contribution in [2.75, 3.05) is 7.05 Å². The molecule has 116 valence electrons. The van der Waals surface area contributed by atoms with Gasteiger partial charge in [-0.05, 0) is 31.2 Å². The fourth-order valence-electron chi connectivity index (χ4n) is 3.93. The Morgan fingerprint density at radius 1 is 1.00 bits per heavy atom. The van der Waals surface area contributed by atoms with Crippen molar-refractivity contribution in [1.29, 1.82) is 0 Å². The lowest BCUT2D eigenvalue weighted by Crippen LogP contribution is -2.22. The van der Waals surface area contributed by atoms with Gasteiger partial charge in [0.25, 0.3) is 0 Å². The summed E-state index contributed by atoms with van der Waals surface area (Å²) in [6.45, 7) is 0. The van der Waals surface area contributed by atoms with Crippen LogP contribution in [0, 0.1) is 5.92 Å². The number of nitrogens with zero attached hydrogens (tertiary/aromatic N) is 1. The molecule has 2 aromatic rings. The fourth-order valence-corrected chi connectivity index (χ4v) is 7.16. The van der Waals surface area contributed by atoms with E-state index in [2.05, 4.69) is 47.2 Å². The number of benzene rings is 2. The molecule has 2 nitrogen and oxygen atoms in total. The first kappa shape index (κ1) is 14.7. The lowest BCUT2D eigenvalue weighted by molar-refractivity contribution is 0.341. The lowest BCUT2D eigenvalue weighted by atomic mass is 9.88. The third-order valence-corrected chi connectivity index (χ3v) is 8.31. The highest BCUT2D eigenvalue weighted by molar-refractivity contribution is 7.73. The fraction of sp³-hybridized carbons (Fsp3) is 0.200. The predicted molar refractivity (Wildman–Crippen MR) is 96.0 cm³/mol. The van der Waals surface area contributed by atoms with E-state index in [1.807, 2.05) is 43.4 Å². The molecule has 2 aliphatic rings. The van der Waals surface area contributed by atoms with E-state index >= 15 is 0 Å². The van der Waals surface area contributed by atoms with Crippen LogP contribution < -0.4 is 5.30 Å². The van der Waals surface area contributed by atoms with Crippen LogP contribution in [0.3, 0.4) is 0 Å². The van der Waals surface area contributed by atoms with Crippen LogP contribution in [-0.2, 0) is 4.57 Å². The highest BCUT2D eigenvalue weighted by Gasteiger charge is 2.51. The zero-order valence-corrected chi connectivity index (χ0v) is 14.1. The molecule has 4 rings (SSSR count). The summed E-state index contributed by atoms with van der Waals surface area (Å²) in [4.78, 5) is 0. The van der Waals surface area contributed by atoms with Crippen LogP contribution in [0.4, 0.5) is 0 Å². The second kappa shape index (κ2) is 5.63. The molecule has 2 aromatic carbocycles. The molecule has 3 heteroatoms. The average molecular weight is 321 g/mol. The van der Waals surface area contributed by atoms with E-state index in [4.69, 9.17) is 0 Å². The van der Waals surface area contributed by atoms with Gasteiger partial charge in [-0.25, -0.2) is 4.67 Å². The summed E-state index contributed by atoms with van der Waals surface area (Å²) in [6, 6.07) is 20.6. The summed E-state index contributed by atoms with van der Waals surface area (Å²) >= 11 is 0. The molecule has 1 aliphatic heterocycles. The van der Waals surface area contributed by atoms with Gasteiger partial charge in [-0.1, -0.05) is 66.8 Å². The number of hydrogen-bond donors (Lipinski definition) is 0. The smallest absolute Gasteiger partial charge is 0.203 e. The van der Waals surface area contributed by atoms with Gasteiger partial charge in [0.05, 0.1) is 0 Å². The topological polar surface area (TPSA) is 20.3 Å². The number of fused-ring (bicyclic) bond motifs is 1. The molecular weight excluding hydrogens is 301 g/mol. The second-order valence-electron chi connectivity index (χ2n) is 6.20. The number of hydrogen-bond acceptors (Lipinski definition) is 1. The van der Waals surface area contributed by atoms with E-state index in [0.29, 0.717) is 5.92 Å². The third-order valence-electron chi connectivity index (χ3n) is 5.00. The van der Waals surface area contributed by atoms with Crippen LogP contribution in [0.15, 0.2) is 84.2 Å². The number of rotatable bonds is 2. The Morgan fingerprint density at radius 2 is 1.65 bits per heavy atom. The van der Waals surface area contributed by atoms with E-state index in [1.165, 1.54) is 5.56 Å². The molecule has 0 bridgehead atoms. The van der Waals surface area contributed by atoms with Gasteiger partial charge in [0.15, 0.2) is 0 Å². The normalized spacial score (nSPS) is 30.0. The van der Waals surface area contributed by atoms with Crippen molar-refractivity contribution in [1.82, 2.24) is 4.67 Å². The first-order valence-corrected chi connectivity index (χ1v) is 9.70. The molecular formula is C20H20NOP. The zero-order valence-electron chi connectivity index (χ0n) is 13.2. The molecule has 0 amide bonds. The Labute approximate surface area is 137 Å². The minimum absolute atomic E-state index is 0.165. The Kier molecular flexibility index (Phi) is 3.60. The van der Waals surface area contributed by atoms with Gasteiger partial charge in [-0.2, -0.15) is 0 Å². The maximum atomic E-state index is 14.1. The highest BCUT2D eigenvalue weighted by Crippen LogP contribution is 2.70. The van der Waals surface area contributed by atoms with Crippen LogP contribution in [-0.4, -0.2) is 11.7 Å². The highest BCUT2D eigenvalue weighted by atomic mass is 31.2. The molecule has 0 saturated carbocycles. The van der Waals surface area contributed by atoms with Crippen molar-refractivity contribution in [3.8, 4) is 0 Å². The van der Waals surface area contributed by atoms with Crippen molar-refractivity contribution in [3.63, 3.8) is 0 Å². The van der Waals surface area contributed by atoms with Crippen molar-refractivity contribution in [3.05, 3.63) is 89.8 Å². The summed E-state index contributed by atoms with van der Waals surface area (Å²) in [5, 5.41) is 2.04. The first-order valence-electron chi connectivity index (χ1n) is 8.04. The van der Waals surface area contributed by atoms with Crippen LogP contribution in [0.25, 0.3) is 0 Å². The minimum atomic E-state index is -2.72. The minimum Gasteiger partial charge on any atom is -0.297 e. The Hall–Kier alpha value is -1.89. The quantitative estimate of drug-likeness (QED) is 0.745. The zero-order chi connectivity index (χ0) is 15.9. The standard InChI is InChI=1S/C20H20NOP/c1-21-20(16-10-4-2-5-11-16)18-14-8-9-15-19(18)23(21,22)17-12-6-3-7-13-17/h2-13,15,18,20H,14H2,1H3/t18-,20+,23+/m0/s1. The van der Waals surface area contributed by atoms with Crippen molar-refractivity contribution >= 4 is 12.6 Å². The molecule has 23 heavy (non-hydrogen) atoms. The van der Waals surface area contributed by atoms with Crippen molar-refractivity contribution in [2.45, 2.75) is 12.5 Å². The number of allylic oxidation sites excluding steroid dienone is 3. The Morgan fingerprint density at radius 3 is 2.35 bits per heavy atom. The molecule has 1 fully saturated rings. The summed E-state index contributed by atoms with van der Waals surface area (Å²) in [6.07, 6.45) is 7.29. The molecule has 1 saturated heterocycles. The third kappa shape index (κ3) is 2.17. The molecule has 0 radical (unpaired) electrons. The van der Waals surface area contributed by atoms with Crippen molar-refractivity contribution < 1.29 is 4.57 Å². The SMILES string of the molecule is CN1[C@H](c2ccccc2)[C@H]2CC=CC=C2[P@]1(=O)c1ccccc1. The summed E-state index contributed by atoms with van der Waals surface area (Å²) in [7, 11) is -0.705. The van der Waals surface area contributed by atoms with Crippen molar-refractivity contribution in [2.24, 2.45) is 5.92 Å². The Bertz CT molecular complexity index is 810. The monoisotopic (exact) mass is 321 g/mol. The molecule has 1 heterocycles. The van der Waals surface area contributed by atoms with E-state index < -0.39 is 7.29 Å².